The summed E-state index contributed by atoms with van der Waals surface area (Å²) in [6.45, 7) is 0.824. The molecule has 1 saturated heterocycles. The second-order valence-corrected chi connectivity index (χ2v) is 5.04. The number of rotatable bonds is 3. The first-order valence-electron chi connectivity index (χ1n) is 6.56. The molecule has 0 saturated carbocycles. The van der Waals surface area contributed by atoms with Gasteiger partial charge in [0.25, 0.3) is 0 Å². The van der Waals surface area contributed by atoms with Gasteiger partial charge in [0.05, 0.1) is 18.0 Å². The molecule has 0 radical (unpaired) electrons. The van der Waals surface area contributed by atoms with E-state index in [0.717, 1.165) is 5.65 Å². The van der Waals surface area contributed by atoms with E-state index in [1.54, 1.807) is 4.90 Å². The third-order valence-electron chi connectivity index (χ3n) is 3.64. The van der Waals surface area contributed by atoms with E-state index in [9.17, 15) is 9.59 Å². The van der Waals surface area contributed by atoms with Gasteiger partial charge < -0.3 is 14.4 Å². The number of carbonyl (C=O) groups is 2. The summed E-state index contributed by atoms with van der Waals surface area (Å²) in [4.78, 5) is 29.0. The molecule has 1 aliphatic heterocycles. The third kappa shape index (κ3) is 2.36. The highest BCUT2D eigenvalue weighted by Crippen LogP contribution is 2.17. The molecule has 20 heavy (non-hydrogen) atoms. The van der Waals surface area contributed by atoms with Crippen LogP contribution in [-0.4, -0.2) is 44.4 Å². The molecule has 2 aromatic rings. The molecular formula is C14H15N3O3. The fourth-order valence-electron chi connectivity index (χ4n) is 2.53. The number of likely N-dealkylation sites (tertiary alicyclic amines) is 1. The van der Waals surface area contributed by atoms with Crippen molar-refractivity contribution in [1.82, 2.24) is 14.3 Å². The van der Waals surface area contributed by atoms with Gasteiger partial charge in [0.2, 0.25) is 5.91 Å². The van der Waals surface area contributed by atoms with Crippen LogP contribution in [0.25, 0.3) is 5.65 Å². The molecule has 1 amide bonds. The molecule has 0 unspecified atom stereocenters. The van der Waals surface area contributed by atoms with Crippen molar-refractivity contribution >= 4 is 17.5 Å². The average molecular weight is 273 g/mol. The molecule has 6 nitrogen and oxygen atoms in total. The Morgan fingerprint density at radius 1 is 1.40 bits per heavy atom. The van der Waals surface area contributed by atoms with Crippen LogP contribution in [0.5, 0.6) is 0 Å². The standard InChI is InChI=1S/C14H15N3O3/c18-13(17-6-4-10(8-17)14(19)20)7-11-9-16-5-2-1-3-12(16)15-11/h1-3,5,9-10H,4,6-8H2,(H,19,20)/t10-/m1/s1. The summed E-state index contributed by atoms with van der Waals surface area (Å²) in [5.74, 6) is -1.31. The van der Waals surface area contributed by atoms with Crippen molar-refractivity contribution in [2.45, 2.75) is 12.8 Å². The summed E-state index contributed by atoms with van der Waals surface area (Å²) in [5, 5.41) is 8.94. The summed E-state index contributed by atoms with van der Waals surface area (Å²) in [5.41, 5.74) is 1.51. The molecule has 3 rings (SSSR count). The number of aromatic nitrogens is 2. The Bertz CT molecular complexity index is 631. The molecule has 1 fully saturated rings. The monoisotopic (exact) mass is 273 g/mol. The number of hydrogen-bond donors (Lipinski definition) is 1. The first-order valence-corrected chi connectivity index (χ1v) is 6.56. The summed E-state index contributed by atoms with van der Waals surface area (Å²) in [6, 6.07) is 5.67. The predicted molar refractivity (Wildman–Crippen MR) is 71.2 cm³/mol. The minimum absolute atomic E-state index is 0.0582. The van der Waals surface area contributed by atoms with Gasteiger partial charge in [-0.3, -0.25) is 9.59 Å². The first-order chi connectivity index (χ1) is 9.63. The molecule has 104 valence electrons. The largest absolute Gasteiger partial charge is 0.481 e. The number of pyridine rings is 1. The molecule has 0 aliphatic carbocycles. The zero-order valence-corrected chi connectivity index (χ0v) is 10.9. The Kier molecular flexibility index (Phi) is 3.14. The van der Waals surface area contributed by atoms with E-state index in [0.29, 0.717) is 25.2 Å². The van der Waals surface area contributed by atoms with Crippen molar-refractivity contribution in [1.29, 1.82) is 0 Å². The van der Waals surface area contributed by atoms with Crippen molar-refractivity contribution in [2.24, 2.45) is 5.92 Å². The van der Waals surface area contributed by atoms with E-state index in [2.05, 4.69) is 4.98 Å². The van der Waals surface area contributed by atoms with Crippen LogP contribution in [0.3, 0.4) is 0 Å². The van der Waals surface area contributed by atoms with Gasteiger partial charge in [0, 0.05) is 25.5 Å². The predicted octanol–water partition coefficient (Wildman–Crippen LogP) is 0.810. The van der Waals surface area contributed by atoms with Crippen LogP contribution in [0.15, 0.2) is 30.6 Å². The number of fused-ring (bicyclic) bond motifs is 1. The SMILES string of the molecule is O=C(O)[C@@H]1CCN(C(=O)Cc2cn3ccccc3n2)C1. The summed E-state index contributed by atoms with van der Waals surface area (Å²) in [6.07, 6.45) is 4.46. The van der Waals surface area contributed by atoms with Gasteiger partial charge >= 0.3 is 5.97 Å². The normalized spacial score (nSPS) is 18.6. The van der Waals surface area contributed by atoms with E-state index in [-0.39, 0.29) is 12.3 Å². The minimum atomic E-state index is -0.826. The first kappa shape index (κ1) is 12.7. The summed E-state index contributed by atoms with van der Waals surface area (Å²) < 4.78 is 1.87. The number of carbonyl (C=O) groups excluding carboxylic acids is 1. The van der Waals surface area contributed by atoms with E-state index in [4.69, 9.17) is 5.11 Å². The maximum atomic E-state index is 12.1. The fraction of sp³-hybridized carbons (Fsp3) is 0.357. The van der Waals surface area contributed by atoms with Gasteiger partial charge in [-0.15, -0.1) is 0 Å². The van der Waals surface area contributed by atoms with Crippen molar-refractivity contribution in [3.05, 3.63) is 36.3 Å². The number of nitrogens with zero attached hydrogens (tertiary/aromatic N) is 3. The molecule has 0 spiro atoms. The van der Waals surface area contributed by atoms with Crippen LogP contribution in [0, 0.1) is 5.92 Å². The fourth-order valence-corrected chi connectivity index (χ4v) is 2.53. The molecule has 0 aromatic carbocycles. The number of amides is 1. The molecule has 1 atom stereocenters. The van der Waals surface area contributed by atoms with Gasteiger partial charge in [-0.25, -0.2) is 4.98 Å². The Hall–Kier alpha value is -2.37. The molecule has 6 heteroatoms. The number of aliphatic carboxylic acids is 1. The lowest BCUT2D eigenvalue weighted by atomic mass is 10.1. The molecular weight excluding hydrogens is 258 g/mol. The third-order valence-corrected chi connectivity index (χ3v) is 3.64. The number of hydrogen-bond acceptors (Lipinski definition) is 3. The van der Waals surface area contributed by atoms with Gasteiger partial charge in [-0.2, -0.15) is 0 Å². The maximum Gasteiger partial charge on any atom is 0.308 e. The Balaban J connectivity index is 1.68. The topological polar surface area (TPSA) is 74.9 Å². The zero-order chi connectivity index (χ0) is 14.1. The lowest BCUT2D eigenvalue weighted by Crippen LogP contribution is -2.31. The smallest absolute Gasteiger partial charge is 0.308 e. The summed E-state index contributed by atoms with van der Waals surface area (Å²) >= 11 is 0. The van der Waals surface area contributed by atoms with Gasteiger partial charge in [-0.1, -0.05) is 6.07 Å². The van der Waals surface area contributed by atoms with Crippen LogP contribution >= 0.6 is 0 Å². The van der Waals surface area contributed by atoms with Crippen molar-refractivity contribution in [2.75, 3.05) is 13.1 Å². The van der Waals surface area contributed by atoms with Gasteiger partial charge in [-0.05, 0) is 18.6 Å². The maximum absolute atomic E-state index is 12.1. The highest BCUT2D eigenvalue weighted by Gasteiger charge is 2.30. The second-order valence-electron chi connectivity index (χ2n) is 5.04. The van der Waals surface area contributed by atoms with E-state index < -0.39 is 11.9 Å². The lowest BCUT2D eigenvalue weighted by Gasteiger charge is -2.14. The molecule has 1 aliphatic rings. The number of imidazole rings is 1. The van der Waals surface area contributed by atoms with Crippen molar-refractivity contribution < 1.29 is 14.7 Å². The van der Waals surface area contributed by atoms with Crippen LogP contribution in [0.1, 0.15) is 12.1 Å². The Labute approximate surface area is 115 Å². The van der Waals surface area contributed by atoms with Gasteiger partial charge in [0.1, 0.15) is 5.65 Å². The van der Waals surface area contributed by atoms with E-state index in [1.807, 2.05) is 35.0 Å². The van der Waals surface area contributed by atoms with Crippen LogP contribution in [0.4, 0.5) is 0 Å². The zero-order valence-electron chi connectivity index (χ0n) is 10.9. The number of carboxylic acid groups (broad SMARTS) is 1. The molecule has 3 heterocycles. The van der Waals surface area contributed by atoms with Crippen molar-refractivity contribution in [3.63, 3.8) is 0 Å². The number of carboxylic acids is 1. The summed E-state index contributed by atoms with van der Waals surface area (Å²) in [7, 11) is 0. The van der Waals surface area contributed by atoms with Crippen molar-refractivity contribution in [3.8, 4) is 0 Å². The average Bonchev–Trinajstić information content (AvgIpc) is 3.04. The molecule has 0 bridgehead atoms. The van der Waals surface area contributed by atoms with E-state index in [1.165, 1.54) is 0 Å². The van der Waals surface area contributed by atoms with Gasteiger partial charge in [0.15, 0.2) is 0 Å². The minimum Gasteiger partial charge on any atom is -0.481 e. The highest BCUT2D eigenvalue weighted by molar-refractivity contribution is 5.80. The quantitative estimate of drug-likeness (QED) is 0.898. The van der Waals surface area contributed by atoms with Crippen LogP contribution in [-0.2, 0) is 16.0 Å². The van der Waals surface area contributed by atoms with E-state index >= 15 is 0 Å². The van der Waals surface area contributed by atoms with Crippen LogP contribution in [0.2, 0.25) is 0 Å². The Morgan fingerprint density at radius 3 is 2.95 bits per heavy atom. The highest BCUT2D eigenvalue weighted by atomic mass is 16.4. The Morgan fingerprint density at radius 2 is 2.25 bits per heavy atom. The van der Waals surface area contributed by atoms with Crippen LogP contribution < -0.4 is 0 Å². The molecule has 2 aromatic heterocycles. The second kappa shape index (κ2) is 4.96. The lowest BCUT2D eigenvalue weighted by molar-refractivity contribution is -0.141. The molecule has 1 N–H and O–H groups in total.